The van der Waals surface area contributed by atoms with Crippen LogP contribution in [0, 0.1) is 0 Å². The Morgan fingerprint density at radius 3 is 2.75 bits per heavy atom. The molecule has 1 saturated heterocycles. The topological polar surface area (TPSA) is 32.3 Å². The number of carbonyl (C=O) groups excluding carboxylic acids is 1. The van der Waals surface area contributed by atoms with E-state index in [2.05, 4.69) is 17.4 Å². The largest absolute Gasteiger partial charge is 0.340 e. The van der Waals surface area contributed by atoms with E-state index in [1.54, 1.807) is 0 Å². The molecule has 1 N–H and O–H groups in total. The highest BCUT2D eigenvalue weighted by atomic mass is 16.2. The maximum atomic E-state index is 12.2. The van der Waals surface area contributed by atoms with Crippen LogP contribution in [0.4, 0.5) is 0 Å². The summed E-state index contributed by atoms with van der Waals surface area (Å²) in [5, 5.41) is 3.27. The molecule has 1 aromatic rings. The van der Waals surface area contributed by atoms with Gasteiger partial charge in [0.05, 0.1) is 5.92 Å². The lowest BCUT2D eigenvalue weighted by atomic mass is 9.77. The summed E-state index contributed by atoms with van der Waals surface area (Å²) < 4.78 is 0. The molecular formula is C13H16N2O. The first-order valence-electron chi connectivity index (χ1n) is 5.93. The third-order valence-corrected chi connectivity index (χ3v) is 3.58. The molecule has 1 unspecified atom stereocenters. The van der Waals surface area contributed by atoms with Crippen LogP contribution in [0.1, 0.15) is 17.0 Å². The molecular weight excluding hydrogens is 200 g/mol. The van der Waals surface area contributed by atoms with Crippen molar-refractivity contribution in [1.82, 2.24) is 10.2 Å². The van der Waals surface area contributed by atoms with Gasteiger partial charge in [-0.1, -0.05) is 24.3 Å². The Morgan fingerprint density at radius 2 is 2.00 bits per heavy atom. The number of fused-ring (bicyclic) bond motifs is 1. The third kappa shape index (κ3) is 1.52. The van der Waals surface area contributed by atoms with Crippen molar-refractivity contribution in [2.75, 3.05) is 26.2 Å². The molecule has 3 rings (SSSR count). The number of hydrogen-bond donors (Lipinski definition) is 1. The number of nitrogens with one attached hydrogen (secondary N) is 1. The molecule has 0 spiro atoms. The molecule has 1 atom stereocenters. The van der Waals surface area contributed by atoms with Gasteiger partial charge in [-0.05, 0) is 17.5 Å². The van der Waals surface area contributed by atoms with Gasteiger partial charge < -0.3 is 10.2 Å². The predicted octanol–water partition coefficient (Wildman–Crippen LogP) is 0.758. The lowest BCUT2D eigenvalue weighted by Crippen LogP contribution is -2.49. The fourth-order valence-corrected chi connectivity index (χ4v) is 2.58. The number of hydrogen-bond acceptors (Lipinski definition) is 2. The van der Waals surface area contributed by atoms with Gasteiger partial charge in [0.2, 0.25) is 5.91 Å². The zero-order chi connectivity index (χ0) is 11.0. The molecule has 2 aliphatic rings. The summed E-state index contributed by atoms with van der Waals surface area (Å²) in [5.74, 6) is 0.453. The Balaban J connectivity index is 1.73. The third-order valence-electron chi connectivity index (χ3n) is 3.58. The van der Waals surface area contributed by atoms with Crippen LogP contribution < -0.4 is 5.32 Å². The first-order valence-corrected chi connectivity index (χ1v) is 5.93. The summed E-state index contributed by atoms with van der Waals surface area (Å²) >= 11 is 0. The second-order valence-corrected chi connectivity index (χ2v) is 4.53. The van der Waals surface area contributed by atoms with E-state index in [0.29, 0.717) is 5.91 Å². The van der Waals surface area contributed by atoms with Crippen molar-refractivity contribution in [1.29, 1.82) is 0 Å². The Labute approximate surface area is 95.4 Å². The molecule has 0 aromatic heterocycles. The standard InChI is InChI=1S/C13H16N2O/c16-13(15-7-5-14-6-8-15)12-9-10-3-1-2-4-11(10)12/h1-4,12,14H,5-9H2. The van der Waals surface area contributed by atoms with Crippen LogP contribution in [0.2, 0.25) is 0 Å². The molecule has 0 radical (unpaired) electrons. The fourth-order valence-electron chi connectivity index (χ4n) is 2.58. The maximum absolute atomic E-state index is 12.2. The van der Waals surface area contributed by atoms with Crippen molar-refractivity contribution in [3.05, 3.63) is 35.4 Å². The molecule has 16 heavy (non-hydrogen) atoms. The summed E-state index contributed by atoms with van der Waals surface area (Å²) in [6.07, 6.45) is 0.929. The summed E-state index contributed by atoms with van der Waals surface area (Å²) in [6, 6.07) is 8.28. The van der Waals surface area contributed by atoms with Gasteiger partial charge in [-0.25, -0.2) is 0 Å². The van der Waals surface area contributed by atoms with Crippen LogP contribution in [0.5, 0.6) is 0 Å². The van der Waals surface area contributed by atoms with Crippen molar-refractivity contribution in [2.45, 2.75) is 12.3 Å². The highest BCUT2D eigenvalue weighted by Crippen LogP contribution is 2.36. The minimum Gasteiger partial charge on any atom is -0.340 e. The van der Waals surface area contributed by atoms with E-state index in [-0.39, 0.29) is 5.92 Å². The van der Waals surface area contributed by atoms with Crippen LogP contribution in [0.25, 0.3) is 0 Å². The van der Waals surface area contributed by atoms with Gasteiger partial charge in [0.1, 0.15) is 0 Å². The Hall–Kier alpha value is -1.35. The number of carbonyl (C=O) groups is 1. The van der Waals surface area contributed by atoms with Gasteiger partial charge in [0, 0.05) is 26.2 Å². The quantitative estimate of drug-likeness (QED) is 0.751. The highest BCUT2D eigenvalue weighted by molar-refractivity contribution is 5.87. The van der Waals surface area contributed by atoms with Crippen LogP contribution in [-0.2, 0) is 11.2 Å². The number of amides is 1. The number of nitrogens with zero attached hydrogens (tertiary/aromatic N) is 1. The number of benzene rings is 1. The van der Waals surface area contributed by atoms with Crippen molar-refractivity contribution < 1.29 is 4.79 Å². The van der Waals surface area contributed by atoms with Crippen molar-refractivity contribution in [3.8, 4) is 0 Å². The normalized spacial score (nSPS) is 23.5. The molecule has 1 aliphatic heterocycles. The van der Waals surface area contributed by atoms with Gasteiger partial charge in [-0.3, -0.25) is 4.79 Å². The van der Waals surface area contributed by atoms with E-state index >= 15 is 0 Å². The minimum absolute atomic E-state index is 0.134. The van der Waals surface area contributed by atoms with Crippen LogP contribution in [0.15, 0.2) is 24.3 Å². The van der Waals surface area contributed by atoms with E-state index in [1.165, 1.54) is 11.1 Å². The Morgan fingerprint density at radius 1 is 1.25 bits per heavy atom. The van der Waals surface area contributed by atoms with Gasteiger partial charge in [0.15, 0.2) is 0 Å². The highest BCUT2D eigenvalue weighted by Gasteiger charge is 2.34. The molecule has 1 aliphatic carbocycles. The average molecular weight is 216 g/mol. The number of rotatable bonds is 1. The lowest BCUT2D eigenvalue weighted by Gasteiger charge is -2.35. The molecule has 1 amide bonds. The van der Waals surface area contributed by atoms with E-state index < -0.39 is 0 Å². The molecule has 0 bridgehead atoms. The minimum atomic E-state index is 0.134. The number of piperazine rings is 1. The van der Waals surface area contributed by atoms with Crippen molar-refractivity contribution in [3.63, 3.8) is 0 Å². The van der Waals surface area contributed by atoms with Crippen LogP contribution in [0.3, 0.4) is 0 Å². The van der Waals surface area contributed by atoms with Gasteiger partial charge in [-0.15, -0.1) is 0 Å². The molecule has 1 fully saturated rings. The first-order chi connectivity index (χ1) is 7.86. The van der Waals surface area contributed by atoms with Crippen LogP contribution in [-0.4, -0.2) is 37.0 Å². The van der Waals surface area contributed by atoms with Gasteiger partial charge >= 0.3 is 0 Å². The zero-order valence-corrected chi connectivity index (χ0v) is 9.28. The predicted molar refractivity (Wildman–Crippen MR) is 62.3 cm³/mol. The Bertz CT molecular complexity index is 410. The second-order valence-electron chi connectivity index (χ2n) is 4.53. The molecule has 3 nitrogen and oxygen atoms in total. The first kappa shape index (κ1) is 9.85. The monoisotopic (exact) mass is 216 g/mol. The Kier molecular flexibility index (Phi) is 2.40. The summed E-state index contributed by atoms with van der Waals surface area (Å²) in [6.45, 7) is 3.58. The SMILES string of the molecule is O=C(C1Cc2ccccc21)N1CCNCC1. The zero-order valence-electron chi connectivity index (χ0n) is 9.28. The summed E-state index contributed by atoms with van der Waals surface area (Å²) in [4.78, 5) is 14.2. The molecule has 1 aromatic carbocycles. The molecule has 3 heteroatoms. The van der Waals surface area contributed by atoms with E-state index in [4.69, 9.17) is 0 Å². The smallest absolute Gasteiger partial charge is 0.230 e. The second kappa shape index (κ2) is 3.91. The van der Waals surface area contributed by atoms with E-state index in [0.717, 1.165) is 32.6 Å². The molecule has 84 valence electrons. The van der Waals surface area contributed by atoms with Crippen molar-refractivity contribution in [2.24, 2.45) is 0 Å². The molecule has 1 heterocycles. The average Bonchev–Trinajstić information content (AvgIpc) is 2.32. The van der Waals surface area contributed by atoms with Gasteiger partial charge in [0.25, 0.3) is 0 Å². The van der Waals surface area contributed by atoms with Crippen LogP contribution >= 0.6 is 0 Å². The summed E-state index contributed by atoms with van der Waals surface area (Å²) in [7, 11) is 0. The fraction of sp³-hybridized carbons (Fsp3) is 0.462. The van der Waals surface area contributed by atoms with E-state index in [9.17, 15) is 4.79 Å². The maximum Gasteiger partial charge on any atom is 0.230 e. The van der Waals surface area contributed by atoms with Gasteiger partial charge in [-0.2, -0.15) is 0 Å². The summed E-state index contributed by atoms with van der Waals surface area (Å²) in [5.41, 5.74) is 2.59. The van der Waals surface area contributed by atoms with Crippen molar-refractivity contribution >= 4 is 5.91 Å². The lowest BCUT2D eigenvalue weighted by molar-refractivity contribution is -0.134. The van der Waals surface area contributed by atoms with E-state index in [1.807, 2.05) is 17.0 Å². The molecule has 0 saturated carbocycles.